The lowest BCUT2D eigenvalue weighted by atomic mass is 9.99. The Labute approximate surface area is 230 Å². The van der Waals surface area contributed by atoms with Gasteiger partial charge in [0, 0.05) is 49.5 Å². The highest BCUT2D eigenvalue weighted by molar-refractivity contribution is 6.31. The number of carbonyl (C=O) groups is 1. The fourth-order valence-electron chi connectivity index (χ4n) is 4.98. The molecule has 2 heterocycles. The monoisotopic (exact) mass is 562 g/mol. The first kappa shape index (κ1) is 28.8. The van der Waals surface area contributed by atoms with E-state index in [1.807, 2.05) is 6.92 Å². The van der Waals surface area contributed by atoms with E-state index in [1.165, 1.54) is 23.9 Å². The summed E-state index contributed by atoms with van der Waals surface area (Å²) in [5.41, 5.74) is 0.740. The van der Waals surface area contributed by atoms with Crippen LogP contribution in [0.3, 0.4) is 0 Å². The van der Waals surface area contributed by atoms with E-state index in [1.54, 1.807) is 25.1 Å². The number of hydrogen-bond donors (Lipinski definition) is 2. The van der Waals surface area contributed by atoms with Crippen molar-refractivity contribution < 1.29 is 33.6 Å². The molecule has 39 heavy (non-hydrogen) atoms. The molecule has 4 rings (SSSR count). The molecule has 1 aliphatic rings. The van der Waals surface area contributed by atoms with Crippen LogP contribution in [-0.4, -0.2) is 73.5 Å². The van der Waals surface area contributed by atoms with E-state index in [0.717, 1.165) is 5.69 Å². The van der Waals surface area contributed by atoms with Gasteiger partial charge < -0.3 is 33.9 Å². The van der Waals surface area contributed by atoms with E-state index in [9.17, 15) is 19.8 Å². The lowest BCUT2D eigenvalue weighted by Gasteiger charge is -2.29. The zero-order valence-corrected chi connectivity index (χ0v) is 22.8. The molecule has 210 valence electrons. The number of carboxylic acids is 1. The minimum atomic E-state index is -1.40. The molecule has 0 aliphatic carbocycles. The molecule has 2 atom stereocenters. The van der Waals surface area contributed by atoms with Crippen LogP contribution in [0.25, 0.3) is 10.9 Å². The van der Waals surface area contributed by atoms with Crippen LogP contribution in [0.2, 0.25) is 5.02 Å². The molecule has 1 aromatic heterocycles. The molecule has 1 fully saturated rings. The minimum Gasteiger partial charge on any atom is -0.496 e. The molecular weight excluding hydrogens is 531 g/mol. The second kappa shape index (κ2) is 12.3. The maximum absolute atomic E-state index is 15.2. The SMILES string of the molecule is CCO[C@H](C)[C@@H](CO)n1cc(C(=O)O)c(=O)c2cc(Cc3cc(N4CCOCC4)cc(Cl)c3F)c(OC)cc21. The molecule has 0 radical (unpaired) electrons. The Bertz CT molecular complexity index is 1420. The third-order valence-electron chi connectivity index (χ3n) is 7.03. The molecule has 3 aromatic rings. The Morgan fingerprint density at radius 2 is 1.92 bits per heavy atom. The Balaban J connectivity index is 1.88. The smallest absolute Gasteiger partial charge is 0.341 e. The molecule has 0 bridgehead atoms. The van der Waals surface area contributed by atoms with Gasteiger partial charge in [-0.05, 0) is 43.2 Å². The van der Waals surface area contributed by atoms with Crippen molar-refractivity contribution in [2.24, 2.45) is 0 Å². The van der Waals surface area contributed by atoms with E-state index in [2.05, 4.69) is 4.90 Å². The van der Waals surface area contributed by atoms with Gasteiger partial charge in [0.15, 0.2) is 0 Å². The summed E-state index contributed by atoms with van der Waals surface area (Å²) in [5, 5.41) is 20.0. The molecule has 1 aliphatic heterocycles. The number of morpholine rings is 1. The fourth-order valence-corrected chi connectivity index (χ4v) is 5.21. The molecule has 0 saturated carbocycles. The molecule has 2 N–H and O–H groups in total. The van der Waals surface area contributed by atoms with Crippen molar-refractivity contribution in [2.45, 2.75) is 32.4 Å². The lowest BCUT2D eigenvalue weighted by Crippen LogP contribution is -2.36. The number of fused-ring (bicyclic) bond motifs is 1. The summed E-state index contributed by atoms with van der Waals surface area (Å²) in [6.45, 7) is 5.98. The zero-order valence-electron chi connectivity index (χ0n) is 22.1. The topological polar surface area (TPSA) is 110 Å². The van der Waals surface area contributed by atoms with Gasteiger partial charge in [0.2, 0.25) is 5.43 Å². The summed E-state index contributed by atoms with van der Waals surface area (Å²) in [6, 6.07) is 5.74. The summed E-state index contributed by atoms with van der Waals surface area (Å²) in [7, 11) is 1.46. The Kier molecular flexibility index (Phi) is 9.12. The van der Waals surface area contributed by atoms with Crippen molar-refractivity contribution in [3.05, 3.63) is 68.2 Å². The first-order valence-electron chi connectivity index (χ1n) is 12.7. The number of ether oxygens (including phenoxy) is 3. The van der Waals surface area contributed by atoms with Crippen molar-refractivity contribution in [1.29, 1.82) is 0 Å². The molecule has 9 nitrogen and oxygen atoms in total. The third kappa shape index (κ3) is 5.89. The second-order valence-corrected chi connectivity index (χ2v) is 9.76. The number of pyridine rings is 1. The first-order chi connectivity index (χ1) is 18.7. The van der Waals surface area contributed by atoms with Gasteiger partial charge in [-0.3, -0.25) is 4.79 Å². The predicted octanol–water partition coefficient (Wildman–Crippen LogP) is 3.89. The molecule has 11 heteroatoms. The minimum absolute atomic E-state index is 0.0278. The predicted molar refractivity (Wildman–Crippen MR) is 146 cm³/mol. The van der Waals surface area contributed by atoms with E-state index in [0.29, 0.717) is 55.3 Å². The Hall–Kier alpha value is -3.18. The van der Waals surface area contributed by atoms with Crippen LogP contribution < -0.4 is 15.1 Å². The first-order valence-corrected chi connectivity index (χ1v) is 13.1. The Morgan fingerprint density at radius 3 is 2.54 bits per heavy atom. The van der Waals surface area contributed by atoms with E-state index >= 15 is 4.39 Å². The van der Waals surface area contributed by atoms with Gasteiger partial charge in [0.1, 0.15) is 17.1 Å². The van der Waals surface area contributed by atoms with Crippen LogP contribution in [0, 0.1) is 5.82 Å². The number of aliphatic hydroxyl groups excluding tert-OH is 1. The van der Waals surface area contributed by atoms with Crippen molar-refractivity contribution in [1.82, 2.24) is 4.57 Å². The second-order valence-electron chi connectivity index (χ2n) is 9.35. The number of benzene rings is 2. The van der Waals surface area contributed by atoms with Crippen LogP contribution >= 0.6 is 11.6 Å². The number of aliphatic hydroxyl groups is 1. The quantitative estimate of drug-likeness (QED) is 0.383. The highest BCUT2D eigenvalue weighted by atomic mass is 35.5. The maximum atomic E-state index is 15.2. The summed E-state index contributed by atoms with van der Waals surface area (Å²) in [6.07, 6.45) is 0.767. The molecule has 0 unspecified atom stereocenters. The number of rotatable bonds is 10. The molecule has 0 amide bonds. The number of methoxy groups -OCH3 is 1. The third-order valence-corrected chi connectivity index (χ3v) is 7.30. The van der Waals surface area contributed by atoms with Crippen molar-refractivity contribution in [3.63, 3.8) is 0 Å². The standard InChI is InChI=1S/C28H32ClFN2O7/c1-4-39-16(2)24(15-33)32-14-21(28(35)36)27(34)20-11-17(25(37-3)13-23(20)32)9-18-10-19(12-22(29)26(18)30)31-5-7-38-8-6-31/h10-14,16,24,33H,4-9,15H2,1-3H3,(H,35,36)/t16-,24-/m1/s1. The van der Waals surface area contributed by atoms with Crippen LogP contribution in [-0.2, 0) is 15.9 Å². The summed E-state index contributed by atoms with van der Waals surface area (Å²) in [4.78, 5) is 27.3. The molecule has 0 spiro atoms. The summed E-state index contributed by atoms with van der Waals surface area (Å²) in [5.74, 6) is -1.62. The van der Waals surface area contributed by atoms with Gasteiger partial charge in [-0.25, -0.2) is 9.18 Å². The molecular formula is C28H32ClFN2O7. The van der Waals surface area contributed by atoms with Gasteiger partial charge in [-0.2, -0.15) is 0 Å². The fraction of sp³-hybridized carbons (Fsp3) is 0.429. The van der Waals surface area contributed by atoms with Gasteiger partial charge in [0.25, 0.3) is 0 Å². The number of aromatic nitrogens is 1. The van der Waals surface area contributed by atoms with Gasteiger partial charge in [-0.1, -0.05) is 11.6 Å². The number of aromatic carboxylic acids is 1. The van der Waals surface area contributed by atoms with Crippen molar-refractivity contribution in [2.75, 3.05) is 51.5 Å². The summed E-state index contributed by atoms with van der Waals surface area (Å²) < 4.78 is 33.4. The van der Waals surface area contributed by atoms with E-state index in [4.69, 9.17) is 25.8 Å². The summed E-state index contributed by atoms with van der Waals surface area (Å²) >= 11 is 6.26. The number of hydrogen-bond acceptors (Lipinski definition) is 7. The number of nitrogens with zero attached hydrogens (tertiary/aromatic N) is 2. The average Bonchev–Trinajstić information content (AvgIpc) is 2.93. The Morgan fingerprint density at radius 1 is 1.21 bits per heavy atom. The zero-order chi connectivity index (χ0) is 28.3. The van der Waals surface area contributed by atoms with Crippen LogP contribution in [0.4, 0.5) is 10.1 Å². The highest BCUT2D eigenvalue weighted by Crippen LogP contribution is 2.33. The van der Waals surface area contributed by atoms with Gasteiger partial charge in [0.05, 0.1) is 49.6 Å². The van der Waals surface area contributed by atoms with Gasteiger partial charge in [-0.15, -0.1) is 0 Å². The van der Waals surface area contributed by atoms with E-state index in [-0.39, 0.29) is 23.4 Å². The lowest BCUT2D eigenvalue weighted by molar-refractivity contribution is 0.0183. The number of anilines is 1. The van der Waals surface area contributed by atoms with E-state index < -0.39 is 34.9 Å². The molecule has 2 aromatic carbocycles. The maximum Gasteiger partial charge on any atom is 0.341 e. The van der Waals surface area contributed by atoms with Crippen LogP contribution in [0.5, 0.6) is 5.75 Å². The average molecular weight is 563 g/mol. The van der Waals surface area contributed by atoms with Crippen molar-refractivity contribution in [3.8, 4) is 5.75 Å². The molecule has 1 saturated heterocycles. The van der Waals surface area contributed by atoms with Crippen LogP contribution in [0.15, 0.2) is 35.3 Å². The van der Waals surface area contributed by atoms with Crippen molar-refractivity contribution >= 4 is 34.2 Å². The highest BCUT2D eigenvalue weighted by Gasteiger charge is 2.25. The number of halogens is 2. The normalized spacial score (nSPS) is 15.4. The number of carboxylic acid groups (broad SMARTS) is 1. The largest absolute Gasteiger partial charge is 0.496 e. The van der Waals surface area contributed by atoms with Gasteiger partial charge >= 0.3 is 5.97 Å². The van der Waals surface area contributed by atoms with Crippen LogP contribution in [0.1, 0.15) is 41.4 Å².